The van der Waals surface area contributed by atoms with Gasteiger partial charge in [0.25, 0.3) is 0 Å². The van der Waals surface area contributed by atoms with Crippen LogP contribution < -0.4 is 0 Å². The van der Waals surface area contributed by atoms with Gasteiger partial charge in [-0.05, 0) is 13.8 Å². The first-order chi connectivity index (χ1) is 1.73. The summed E-state index contributed by atoms with van der Waals surface area (Å²) in [5, 5.41) is 8.06. The van der Waals surface area contributed by atoms with Gasteiger partial charge < -0.3 is 12.5 Å². The van der Waals surface area contributed by atoms with E-state index in [-0.39, 0.29) is 35.2 Å². The van der Waals surface area contributed by atoms with Crippen molar-refractivity contribution in [2.24, 2.45) is 0 Å². The monoisotopic (exact) mass is 123 g/mol. The molecule has 0 aliphatic heterocycles. The molecule has 0 spiro atoms. The topological polar surface area (TPSA) is 20.2 Å². The van der Waals surface area contributed by atoms with Crippen LogP contribution in [0.15, 0.2) is 0 Å². The normalized spacial score (nSPS) is 6.00. The summed E-state index contributed by atoms with van der Waals surface area (Å²) in [7, 11) is 0. The minimum Gasteiger partial charge on any atom is -0.394 e. The number of rotatable bonds is 0. The molecule has 0 aromatic rings. The number of hydrogen-bond acceptors (Lipinski definition) is 1. The molecule has 0 aliphatic rings. The predicted octanol–water partition coefficient (Wildman–Crippen LogP) is 0.835. The van der Waals surface area contributed by atoms with Crippen LogP contribution in [0.1, 0.15) is 13.8 Å². The molecule has 0 amide bonds. The van der Waals surface area contributed by atoms with Crippen LogP contribution in [0.5, 0.6) is 0 Å². The fourth-order valence-electron chi connectivity index (χ4n) is 0. The molecule has 2 heteroatoms. The van der Waals surface area contributed by atoms with E-state index in [4.69, 9.17) is 5.11 Å². The first-order valence-electron chi connectivity index (χ1n) is 1.41. The van der Waals surface area contributed by atoms with Crippen molar-refractivity contribution in [3.63, 3.8) is 0 Å². The minimum atomic E-state index is -0.167. The number of hydrogen-bond donors (Lipinski definition) is 1. The van der Waals surface area contributed by atoms with E-state index in [1.807, 2.05) is 0 Å². The van der Waals surface area contributed by atoms with Crippen molar-refractivity contribution < 1.29 is 26.8 Å². The molecule has 38 valence electrons. The van der Waals surface area contributed by atoms with Crippen LogP contribution in [0.4, 0.5) is 0 Å². The number of aliphatic hydroxyl groups is 1. The maximum atomic E-state index is 8.06. The summed E-state index contributed by atoms with van der Waals surface area (Å²) in [4.78, 5) is 0. The fraction of sp³-hybridized carbons (Fsp3) is 0.750. The summed E-state index contributed by atoms with van der Waals surface area (Å²) in [6.45, 7) is 3.44. The molecule has 0 aromatic carbocycles. The van der Waals surface area contributed by atoms with Gasteiger partial charge in [-0.25, -0.2) is 0 Å². The number of aliphatic hydroxyl groups excluding tert-OH is 1. The molecule has 0 atom stereocenters. The van der Waals surface area contributed by atoms with E-state index in [0.717, 1.165) is 0 Å². The molecule has 0 unspecified atom stereocenters. The molecule has 0 radical (unpaired) electrons. The average Bonchev–Trinajstić information content (AvgIpc) is 0.811. The average molecular weight is 123 g/mol. The third-order valence-electron chi connectivity index (χ3n) is 0. The Balaban J connectivity index is -0.0000000450. The summed E-state index contributed by atoms with van der Waals surface area (Å²) in [6.07, 6.45) is -0.167. The van der Waals surface area contributed by atoms with E-state index in [1.54, 1.807) is 13.8 Å². The zero-order valence-electron chi connectivity index (χ0n) is 4.52. The summed E-state index contributed by atoms with van der Waals surface area (Å²) < 4.78 is 0. The Morgan fingerprint density at radius 3 is 1.33 bits per heavy atom. The quantitative estimate of drug-likeness (QED) is 0.373. The van der Waals surface area contributed by atoms with Crippen LogP contribution in [0.2, 0.25) is 0 Å². The Hall–Kier alpha value is 0.674. The molecule has 0 aliphatic carbocycles. The van der Waals surface area contributed by atoms with Crippen molar-refractivity contribution in [3.8, 4) is 0 Å². The first kappa shape index (κ1) is 15.9. The second kappa shape index (κ2) is 9.18. The Morgan fingerprint density at radius 2 is 1.33 bits per heavy atom. The maximum Gasteiger partial charge on any atom is 0.0483 e. The Morgan fingerprint density at radius 1 is 1.33 bits per heavy atom. The van der Waals surface area contributed by atoms with Crippen LogP contribution in [0, 0.1) is 7.43 Å². The zero-order chi connectivity index (χ0) is 3.58. The van der Waals surface area contributed by atoms with E-state index < -0.39 is 0 Å². The van der Waals surface area contributed by atoms with E-state index in [2.05, 4.69) is 0 Å². The van der Waals surface area contributed by atoms with Crippen LogP contribution in [-0.4, -0.2) is 11.2 Å². The van der Waals surface area contributed by atoms with Gasteiger partial charge in [-0.1, -0.05) is 0 Å². The molecule has 6 heavy (non-hydrogen) atoms. The fourth-order valence-corrected chi connectivity index (χ4v) is 0. The van der Waals surface area contributed by atoms with Gasteiger partial charge in [0.15, 0.2) is 0 Å². The van der Waals surface area contributed by atoms with Crippen molar-refractivity contribution in [2.75, 3.05) is 0 Å². The molecule has 0 saturated heterocycles. The van der Waals surface area contributed by atoms with Crippen LogP contribution >= 0.6 is 0 Å². The van der Waals surface area contributed by atoms with Crippen LogP contribution in [-0.2, 0) is 21.7 Å². The van der Waals surface area contributed by atoms with Gasteiger partial charge in [0.1, 0.15) is 0 Å². The van der Waals surface area contributed by atoms with Crippen molar-refractivity contribution in [1.82, 2.24) is 0 Å². The molecule has 0 heterocycles. The van der Waals surface area contributed by atoms with Crippen molar-refractivity contribution in [3.05, 3.63) is 7.43 Å². The van der Waals surface area contributed by atoms with Crippen molar-refractivity contribution >= 4 is 0 Å². The summed E-state index contributed by atoms with van der Waals surface area (Å²) >= 11 is 0. The van der Waals surface area contributed by atoms with Crippen molar-refractivity contribution in [2.45, 2.75) is 20.0 Å². The standard InChI is InChI=1S/C3H8O.CH3.Ti/c1-3(2)4;;/h3-4H,1-2H3;1H3;/q;-1;. The van der Waals surface area contributed by atoms with Gasteiger partial charge >= 0.3 is 0 Å². The third kappa shape index (κ3) is 139. The summed E-state index contributed by atoms with van der Waals surface area (Å²) in [6, 6.07) is 0. The van der Waals surface area contributed by atoms with Crippen molar-refractivity contribution in [1.29, 1.82) is 0 Å². The minimum absolute atomic E-state index is 0. The molecular formula is C4H11OTi-. The van der Waals surface area contributed by atoms with E-state index in [0.29, 0.717) is 0 Å². The largest absolute Gasteiger partial charge is 0.394 e. The molecular weight excluding hydrogens is 112 g/mol. The van der Waals surface area contributed by atoms with E-state index in [9.17, 15) is 0 Å². The second-order valence-corrected chi connectivity index (χ2v) is 1.09. The first-order valence-corrected chi connectivity index (χ1v) is 1.41. The SMILES string of the molecule is CC(C)O.[CH3-].[Ti]. The Kier molecular flexibility index (Phi) is 24.4. The van der Waals surface area contributed by atoms with Gasteiger partial charge in [0.05, 0.1) is 0 Å². The molecule has 1 N–H and O–H groups in total. The summed E-state index contributed by atoms with van der Waals surface area (Å²) in [5.41, 5.74) is 0. The Bertz CT molecular complexity index is 12.3. The smallest absolute Gasteiger partial charge is 0.0483 e. The van der Waals surface area contributed by atoms with Crippen LogP contribution in [0.3, 0.4) is 0 Å². The second-order valence-electron chi connectivity index (χ2n) is 1.09. The van der Waals surface area contributed by atoms with Gasteiger partial charge in [-0.15, -0.1) is 0 Å². The molecule has 0 aromatic heterocycles. The molecule has 0 fully saturated rings. The van der Waals surface area contributed by atoms with Gasteiger partial charge in [-0.2, -0.15) is 0 Å². The molecule has 0 saturated carbocycles. The van der Waals surface area contributed by atoms with Gasteiger partial charge in [-0.3, -0.25) is 0 Å². The predicted molar refractivity (Wildman–Crippen MR) is 23.8 cm³/mol. The summed E-state index contributed by atoms with van der Waals surface area (Å²) in [5.74, 6) is 0. The van der Waals surface area contributed by atoms with Gasteiger partial charge in [0, 0.05) is 27.8 Å². The third-order valence-corrected chi connectivity index (χ3v) is 0. The van der Waals surface area contributed by atoms with E-state index >= 15 is 0 Å². The molecule has 1 nitrogen and oxygen atoms in total. The van der Waals surface area contributed by atoms with Crippen LogP contribution in [0.25, 0.3) is 0 Å². The molecule has 0 bridgehead atoms. The molecule has 0 rings (SSSR count). The Labute approximate surface area is 54.6 Å². The van der Waals surface area contributed by atoms with E-state index in [1.165, 1.54) is 0 Å². The maximum absolute atomic E-state index is 8.06. The van der Waals surface area contributed by atoms with Gasteiger partial charge in [0.2, 0.25) is 0 Å². The zero-order valence-corrected chi connectivity index (χ0v) is 6.09.